The first-order valence-electron chi connectivity index (χ1n) is 7.54. The molecule has 0 bridgehead atoms. The van der Waals surface area contributed by atoms with Crippen molar-refractivity contribution in [1.82, 2.24) is 10.2 Å². The molecule has 0 radical (unpaired) electrons. The molecule has 1 aromatic carbocycles. The first kappa shape index (κ1) is 16.0. The van der Waals surface area contributed by atoms with Gasteiger partial charge in [0.25, 0.3) is 0 Å². The average Bonchev–Trinajstić information content (AvgIpc) is 3.01. The van der Waals surface area contributed by atoms with Gasteiger partial charge in [-0.1, -0.05) is 36.4 Å². The van der Waals surface area contributed by atoms with Crippen LogP contribution in [0.4, 0.5) is 0 Å². The van der Waals surface area contributed by atoms with E-state index in [1.54, 1.807) is 0 Å². The third-order valence-electron chi connectivity index (χ3n) is 3.74. The third-order valence-corrected chi connectivity index (χ3v) is 4.70. The first-order chi connectivity index (χ1) is 10.3. The molecule has 4 heteroatoms. The molecule has 21 heavy (non-hydrogen) atoms. The van der Waals surface area contributed by atoms with Crippen molar-refractivity contribution in [3.05, 3.63) is 48.6 Å². The van der Waals surface area contributed by atoms with Gasteiger partial charge >= 0.3 is 0 Å². The zero-order valence-electron chi connectivity index (χ0n) is 12.8. The monoisotopic (exact) mass is 303 g/mol. The second kappa shape index (κ2) is 8.78. The van der Waals surface area contributed by atoms with E-state index in [0.29, 0.717) is 5.92 Å². The lowest BCUT2D eigenvalue weighted by Crippen LogP contribution is -2.40. The molecular formula is C17H25N3S. The van der Waals surface area contributed by atoms with Crippen molar-refractivity contribution in [3.63, 3.8) is 0 Å². The van der Waals surface area contributed by atoms with Crippen LogP contribution in [-0.4, -0.2) is 49.0 Å². The van der Waals surface area contributed by atoms with Crippen LogP contribution >= 0.6 is 11.8 Å². The number of guanidine groups is 1. The maximum Gasteiger partial charge on any atom is 0.193 e. The molecule has 1 aromatic rings. The summed E-state index contributed by atoms with van der Waals surface area (Å²) in [7, 11) is 1.87. The Morgan fingerprint density at radius 2 is 2.29 bits per heavy atom. The van der Waals surface area contributed by atoms with Crippen LogP contribution in [0.1, 0.15) is 17.9 Å². The average molecular weight is 303 g/mol. The summed E-state index contributed by atoms with van der Waals surface area (Å²) >= 11 is 1.89. The van der Waals surface area contributed by atoms with Gasteiger partial charge in [-0.15, -0.1) is 6.58 Å². The van der Waals surface area contributed by atoms with E-state index in [0.717, 1.165) is 37.1 Å². The van der Waals surface area contributed by atoms with Crippen LogP contribution in [0.3, 0.4) is 0 Å². The highest BCUT2D eigenvalue weighted by Crippen LogP contribution is 2.26. The molecule has 1 aliphatic heterocycles. The van der Waals surface area contributed by atoms with Gasteiger partial charge in [-0.25, -0.2) is 0 Å². The van der Waals surface area contributed by atoms with Gasteiger partial charge in [0.2, 0.25) is 0 Å². The van der Waals surface area contributed by atoms with E-state index in [-0.39, 0.29) is 0 Å². The lowest BCUT2D eigenvalue weighted by atomic mass is 9.99. The molecule has 0 spiro atoms. The Bertz CT molecular complexity index is 458. The minimum atomic E-state index is 0.625. The fourth-order valence-electron chi connectivity index (χ4n) is 2.68. The largest absolute Gasteiger partial charge is 0.355 e. The molecule has 1 aliphatic rings. The summed E-state index contributed by atoms with van der Waals surface area (Å²) in [6.07, 6.45) is 3.15. The molecule has 3 nitrogen and oxygen atoms in total. The second-order valence-electron chi connectivity index (χ2n) is 5.18. The second-order valence-corrected chi connectivity index (χ2v) is 6.33. The molecule has 1 unspecified atom stereocenters. The zero-order valence-corrected chi connectivity index (χ0v) is 13.6. The Morgan fingerprint density at radius 1 is 1.48 bits per heavy atom. The molecular weight excluding hydrogens is 278 g/mol. The van der Waals surface area contributed by atoms with Crippen molar-refractivity contribution in [1.29, 1.82) is 0 Å². The van der Waals surface area contributed by atoms with E-state index < -0.39 is 0 Å². The van der Waals surface area contributed by atoms with Gasteiger partial charge in [0.15, 0.2) is 5.96 Å². The molecule has 2 rings (SSSR count). The number of hydrogen-bond acceptors (Lipinski definition) is 2. The van der Waals surface area contributed by atoms with Gasteiger partial charge in [-0.05, 0) is 12.0 Å². The number of aliphatic imine (C=N–C) groups is 1. The molecule has 0 aliphatic carbocycles. The van der Waals surface area contributed by atoms with Crippen molar-refractivity contribution in [2.45, 2.75) is 12.3 Å². The van der Waals surface area contributed by atoms with Crippen molar-refractivity contribution < 1.29 is 0 Å². The molecule has 1 saturated heterocycles. The summed E-state index contributed by atoms with van der Waals surface area (Å²) in [5.41, 5.74) is 1.44. The van der Waals surface area contributed by atoms with E-state index in [4.69, 9.17) is 0 Å². The summed E-state index contributed by atoms with van der Waals surface area (Å²) in [6, 6.07) is 10.8. The van der Waals surface area contributed by atoms with Crippen molar-refractivity contribution >= 4 is 17.7 Å². The number of likely N-dealkylation sites (tertiary alicyclic amines) is 1. The molecule has 1 atom stereocenters. The van der Waals surface area contributed by atoms with Crippen LogP contribution < -0.4 is 5.32 Å². The molecule has 0 aromatic heterocycles. The van der Waals surface area contributed by atoms with Gasteiger partial charge < -0.3 is 10.2 Å². The summed E-state index contributed by atoms with van der Waals surface area (Å²) in [5, 5.41) is 3.46. The Kier molecular flexibility index (Phi) is 6.67. The fraction of sp³-hybridized carbons (Fsp3) is 0.471. The summed E-state index contributed by atoms with van der Waals surface area (Å²) < 4.78 is 0. The van der Waals surface area contributed by atoms with Gasteiger partial charge in [0, 0.05) is 44.1 Å². The first-order valence-corrected chi connectivity index (χ1v) is 8.69. The minimum absolute atomic E-state index is 0.625. The smallest absolute Gasteiger partial charge is 0.193 e. The Balaban J connectivity index is 1.80. The Hall–Kier alpha value is -1.42. The van der Waals surface area contributed by atoms with Crippen LogP contribution in [0.2, 0.25) is 0 Å². The number of hydrogen-bond donors (Lipinski definition) is 1. The molecule has 1 fully saturated rings. The van der Waals surface area contributed by atoms with E-state index in [2.05, 4.69) is 52.1 Å². The van der Waals surface area contributed by atoms with Crippen LogP contribution in [0, 0.1) is 0 Å². The highest BCUT2D eigenvalue weighted by molar-refractivity contribution is 7.99. The number of nitrogens with one attached hydrogen (secondary N) is 1. The number of benzene rings is 1. The highest BCUT2D eigenvalue weighted by Gasteiger charge is 2.25. The highest BCUT2D eigenvalue weighted by atomic mass is 32.2. The Labute approximate surface area is 132 Å². The van der Waals surface area contributed by atoms with E-state index in [1.807, 2.05) is 24.9 Å². The molecule has 0 saturated carbocycles. The lowest BCUT2D eigenvalue weighted by molar-refractivity contribution is 0.488. The van der Waals surface area contributed by atoms with Gasteiger partial charge in [0.05, 0.1) is 0 Å². The SMILES string of the molecule is C=CCSCCNC(=NC)N1CCC(c2ccccc2)C1. The molecule has 0 amide bonds. The standard InChI is InChI=1S/C17H25N3S/c1-3-12-21-13-10-19-17(18-2)20-11-9-16(14-20)15-7-5-4-6-8-15/h3-8,16H,1,9-14H2,2H3,(H,18,19). The van der Waals surface area contributed by atoms with Gasteiger partial charge in [-0.2, -0.15) is 11.8 Å². The van der Waals surface area contributed by atoms with Crippen molar-refractivity contribution in [3.8, 4) is 0 Å². The number of rotatable bonds is 6. The molecule has 1 N–H and O–H groups in total. The third kappa shape index (κ3) is 4.81. The van der Waals surface area contributed by atoms with E-state index >= 15 is 0 Å². The summed E-state index contributed by atoms with van der Waals surface area (Å²) in [6.45, 7) is 6.83. The van der Waals surface area contributed by atoms with Gasteiger partial charge in [-0.3, -0.25) is 4.99 Å². The van der Waals surface area contributed by atoms with Crippen LogP contribution in [0.5, 0.6) is 0 Å². The predicted molar refractivity (Wildman–Crippen MR) is 94.3 cm³/mol. The predicted octanol–water partition coefficient (Wildman–Crippen LogP) is 2.97. The number of thioether (sulfide) groups is 1. The Morgan fingerprint density at radius 3 is 3.00 bits per heavy atom. The maximum atomic E-state index is 4.42. The quantitative estimate of drug-likeness (QED) is 0.379. The number of nitrogens with zero attached hydrogens (tertiary/aromatic N) is 2. The van der Waals surface area contributed by atoms with Crippen molar-refractivity contribution in [2.24, 2.45) is 4.99 Å². The van der Waals surface area contributed by atoms with Crippen LogP contribution in [-0.2, 0) is 0 Å². The summed E-state index contributed by atoms with van der Waals surface area (Å²) in [4.78, 5) is 6.79. The van der Waals surface area contributed by atoms with Crippen molar-refractivity contribution in [2.75, 3.05) is 38.2 Å². The van der Waals surface area contributed by atoms with Crippen LogP contribution in [0.15, 0.2) is 48.0 Å². The zero-order chi connectivity index (χ0) is 14.9. The maximum absolute atomic E-state index is 4.42. The summed E-state index contributed by atoms with van der Waals surface area (Å²) in [5.74, 6) is 3.76. The van der Waals surface area contributed by atoms with Gasteiger partial charge in [0.1, 0.15) is 0 Å². The fourth-order valence-corrected chi connectivity index (χ4v) is 3.26. The molecule has 114 valence electrons. The van der Waals surface area contributed by atoms with E-state index in [9.17, 15) is 0 Å². The van der Waals surface area contributed by atoms with Crippen LogP contribution in [0.25, 0.3) is 0 Å². The lowest BCUT2D eigenvalue weighted by Gasteiger charge is -2.21. The van der Waals surface area contributed by atoms with E-state index in [1.165, 1.54) is 12.0 Å². The molecule has 1 heterocycles. The topological polar surface area (TPSA) is 27.6 Å². The normalized spacial score (nSPS) is 18.8. The minimum Gasteiger partial charge on any atom is -0.355 e.